The van der Waals surface area contributed by atoms with Gasteiger partial charge in [-0.2, -0.15) is 0 Å². The van der Waals surface area contributed by atoms with E-state index in [2.05, 4.69) is 34.2 Å². The van der Waals surface area contributed by atoms with E-state index in [1.807, 2.05) is 15.9 Å². The van der Waals surface area contributed by atoms with Crippen LogP contribution in [0.3, 0.4) is 0 Å². The van der Waals surface area contributed by atoms with E-state index >= 15 is 0 Å². The molecule has 1 saturated heterocycles. The normalized spacial score (nSPS) is 14.6. The van der Waals surface area contributed by atoms with Gasteiger partial charge in [-0.3, -0.25) is 10.1 Å². The number of aromatic nitrogens is 2. The van der Waals surface area contributed by atoms with Gasteiger partial charge in [-0.15, -0.1) is 0 Å². The van der Waals surface area contributed by atoms with Crippen LogP contribution in [0.25, 0.3) is 0 Å². The van der Waals surface area contributed by atoms with Crippen molar-refractivity contribution < 1.29 is 14.4 Å². The molecule has 0 bridgehead atoms. The molecule has 0 radical (unpaired) electrons. The van der Waals surface area contributed by atoms with Crippen molar-refractivity contribution in [3.05, 3.63) is 52.3 Å². The lowest BCUT2D eigenvalue weighted by molar-refractivity contribution is -0.383. The molecule has 1 aromatic carbocycles. The molecule has 9 heteroatoms. The predicted molar refractivity (Wildman–Crippen MR) is 120 cm³/mol. The highest BCUT2D eigenvalue weighted by Crippen LogP contribution is 2.36. The number of nitro groups is 1. The van der Waals surface area contributed by atoms with Crippen LogP contribution in [0.2, 0.25) is 0 Å². The van der Waals surface area contributed by atoms with Crippen molar-refractivity contribution in [1.82, 2.24) is 9.97 Å². The first-order valence-electron chi connectivity index (χ1n) is 10.6. The van der Waals surface area contributed by atoms with E-state index in [-0.39, 0.29) is 10.6 Å². The predicted octanol–water partition coefficient (Wildman–Crippen LogP) is 2.94. The number of nitrogens with zero attached hydrogens (tertiary/aromatic N) is 5. The average Bonchev–Trinajstić information content (AvgIpc) is 2.80. The number of hydrogen-bond donors (Lipinski definition) is 0. The molecule has 0 spiro atoms. The maximum absolute atomic E-state index is 12.1. The van der Waals surface area contributed by atoms with Gasteiger partial charge in [-0.1, -0.05) is 30.3 Å². The fourth-order valence-electron chi connectivity index (χ4n) is 4.01. The number of piperidine rings is 1. The van der Waals surface area contributed by atoms with Crippen molar-refractivity contribution in [1.29, 1.82) is 0 Å². The summed E-state index contributed by atoms with van der Waals surface area (Å²) in [5, 5.41) is 12.1. The standard InChI is InChI=1S/C22H31N5O4/c1-30-14-12-26(13-15-31-2)22-20(27(28)29)21(23-17-24-22)25-10-8-19(9-11-25)16-18-6-4-3-5-7-18/h3-7,17,19H,8-16H2,1-2H3. The molecule has 31 heavy (non-hydrogen) atoms. The van der Waals surface area contributed by atoms with Crippen molar-refractivity contribution >= 4 is 17.3 Å². The van der Waals surface area contributed by atoms with Gasteiger partial charge in [-0.25, -0.2) is 9.97 Å². The van der Waals surface area contributed by atoms with Gasteiger partial charge in [0.05, 0.1) is 18.1 Å². The SMILES string of the molecule is COCCN(CCOC)c1ncnc(N2CCC(Cc3ccccc3)CC2)c1[N+](=O)[O-]. The van der Waals surface area contributed by atoms with Gasteiger partial charge in [0.15, 0.2) is 0 Å². The maximum atomic E-state index is 12.1. The molecule has 0 atom stereocenters. The fraction of sp³-hybridized carbons (Fsp3) is 0.545. The molecule has 0 aliphatic carbocycles. The highest BCUT2D eigenvalue weighted by atomic mass is 16.6. The molecule has 168 valence electrons. The van der Waals surface area contributed by atoms with Gasteiger partial charge < -0.3 is 19.3 Å². The first kappa shape index (κ1) is 22.9. The molecule has 1 aliphatic rings. The smallest absolute Gasteiger partial charge is 0.353 e. The van der Waals surface area contributed by atoms with Crippen molar-refractivity contribution in [2.24, 2.45) is 5.92 Å². The molecule has 2 aromatic rings. The van der Waals surface area contributed by atoms with Crippen LogP contribution in [0.15, 0.2) is 36.7 Å². The minimum Gasteiger partial charge on any atom is -0.383 e. The largest absolute Gasteiger partial charge is 0.383 e. The third-order valence-corrected chi connectivity index (χ3v) is 5.68. The first-order chi connectivity index (χ1) is 15.1. The van der Waals surface area contributed by atoms with E-state index < -0.39 is 0 Å². The third kappa shape index (κ3) is 6.11. The molecular weight excluding hydrogens is 398 g/mol. The Morgan fingerprint density at radius 3 is 2.32 bits per heavy atom. The Labute approximate surface area is 183 Å². The average molecular weight is 430 g/mol. The lowest BCUT2D eigenvalue weighted by Gasteiger charge is -2.33. The zero-order valence-electron chi connectivity index (χ0n) is 18.3. The van der Waals surface area contributed by atoms with Gasteiger partial charge in [0, 0.05) is 40.4 Å². The number of ether oxygens (including phenoxy) is 2. The van der Waals surface area contributed by atoms with Crippen LogP contribution in [-0.2, 0) is 15.9 Å². The topological polar surface area (TPSA) is 93.9 Å². The van der Waals surface area contributed by atoms with Crippen molar-refractivity contribution in [3.63, 3.8) is 0 Å². The molecule has 0 unspecified atom stereocenters. The molecule has 9 nitrogen and oxygen atoms in total. The fourth-order valence-corrected chi connectivity index (χ4v) is 4.01. The van der Waals surface area contributed by atoms with Crippen molar-refractivity contribution in [2.45, 2.75) is 19.3 Å². The second-order valence-corrected chi connectivity index (χ2v) is 7.72. The lowest BCUT2D eigenvalue weighted by atomic mass is 9.90. The van der Waals surface area contributed by atoms with E-state index in [9.17, 15) is 10.1 Å². The van der Waals surface area contributed by atoms with Crippen LogP contribution >= 0.6 is 0 Å². The van der Waals surface area contributed by atoms with Gasteiger partial charge in [0.25, 0.3) is 0 Å². The van der Waals surface area contributed by atoms with Crippen LogP contribution in [0, 0.1) is 16.0 Å². The van der Waals surface area contributed by atoms with Crippen molar-refractivity contribution in [3.8, 4) is 0 Å². The Morgan fingerprint density at radius 2 is 1.74 bits per heavy atom. The summed E-state index contributed by atoms with van der Waals surface area (Å²) >= 11 is 0. The van der Waals surface area contributed by atoms with E-state index in [0.717, 1.165) is 32.4 Å². The first-order valence-corrected chi connectivity index (χ1v) is 10.6. The lowest BCUT2D eigenvalue weighted by Crippen LogP contribution is -2.36. The van der Waals surface area contributed by atoms with Crippen LogP contribution < -0.4 is 9.80 Å². The summed E-state index contributed by atoms with van der Waals surface area (Å²) in [6.45, 7) is 3.32. The molecule has 0 saturated carbocycles. The Morgan fingerprint density at radius 1 is 1.10 bits per heavy atom. The van der Waals surface area contributed by atoms with Crippen LogP contribution in [0.1, 0.15) is 18.4 Å². The van der Waals surface area contributed by atoms with Crippen LogP contribution in [0.4, 0.5) is 17.3 Å². The maximum Gasteiger partial charge on any atom is 0.353 e. The van der Waals surface area contributed by atoms with Gasteiger partial charge >= 0.3 is 5.69 Å². The molecule has 1 aliphatic heterocycles. The monoisotopic (exact) mass is 429 g/mol. The van der Waals surface area contributed by atoms with Crippen LogP contribution in [-0.4, -0.2) is 68.5 Å². The summed E-state index contributed by atoms with van der Waals surface area (Å²) in [5.41, 5.74) is 1.29. The van der Waals surface area contributed by atoms with Crippen LogP contribution in [0.5, 0.6) is 0 Å². The molecule has 3 rings (SSSR count). The number of anilines is 2. The zero-order valence-corrected chi connectivity index (χ0v) is 18.3. The minimum atomic E-state index is -0.368. The highest BCUT2D eigenvalue weighted by Gasteiger charge is 2.32. The summed E-state index contributed by atoms with van der Waals surface area (Å²) in [6, 6.07) is 10.5. The summed E-state index contributed by atoms with van der Waals surface area (Å²) in [6.07, 6.45) is 4.40. The van der Waals surface area contributed by atoms with Gasteiger partial charge in [-0.05, 0) is 30.7 Å². The van der Waals surface area contributed by atoms with E-state index in [1.54, 1.807) is 14.2 Å². The number of rotatable bonds is 11. The van der Waals surface area contributed by atoms with E-state index in [0.29, 0.717) is 43.9 Å². The van der Waals surface area contributed by atoms with E-state index in [4.69, 9.17) is 9.47 Å². The van der Waals surface area contributed by atoms with E-state index in [1.165, 1.54) is 11.9 Å². The minimum absolute atomic E-state index is 0.0452. The number of hydrogen-bond acceptors (Lipinski definition) is 8. The van der Waals surface area contributed by atoms with Gasteiger partial charge in [0.2, 0.25) is 11.6 Å². The quantitative estimate of drug-likeness (QED) is 0.398. The molecular formula is C22H31N5O4. The Bertz CT molecular complexity index is 820. The Kier molecular flexibility index (Phi) is 8.54. The van der Waals surface area contributed by atoms with Gasteiger partial charge in [0.1, 0.15) is 6.33 Å². The molecule has 1 fully saturated rings. The highest BCUT2D eigenvalue weighted by molar-refractivity contribution is 5.71. The Hall–Kier alpha value is -2.78. The molecule has 0 N–H and O–H groups in total. The second-order valence-electron chi connectivity index (χ2n) is 7.72. The molecule has 2 heterocycles. The summed E-state index contributed by atoms with van der Waals surface area (Å²) < 4.78 is 10.4. The zero-order chi connectivity index (χ0) is 22.1. The van der Waals surface area contributed by atoms with Crippen molar-refractivity contribution in [2.75, 3.05) is 63.4 Å². The molecule has 1 aromatic heterocycles. The summed E-state index contributed by atoms with van der Waals surface area (Å²) in [7, 11) is 3.21. The Balaban J connectivity index is 1.76. The molecule has 0 amide bonds. The number of benzene rings is 1. The summed E-state index contributed by atoms with van der Waals surface area (Å²) in [5.74, 6) is 1.28. The number of methoxy groups -OCH3 is 2. The summed E-state index contributed by atoms with van der Waals surface area (Å²) in [4.78, 5) is 24.1. The second kappa shape index (κ2) is 11.6. The third-order valence-electron chi connectivity index (χ3n) is 5.68.